The van der Waals surface area contributed by atoms with Crippen LogP contribution in [0.1, 0.15) is 10.4 Å². The van der Waals surface area contributed by atoms with E-state index in [1.807, 2.05) is 0 Å². The van der Waals surface area contributed by atoms with Crippen LogP contribution >= 0.6 is 11.6 Å². The van der Waals surface area contributed by atoms with Gasteiger partial charge in [0.05, 0.1) is 30.4 Å². The van der Waals surface area contributed by atoms with Crippen LogP contribution in [0.25, 0.3) is 0 Å². The van der Waals surface area contributed by atoms with E-state index in [0.29, 0.717) is 32.2 Å². The number of carboxylic acid groups (broad SMARTS) is 1. The van der Waals surface area contributed by atoms with E-state index in [0.717, 1.165) is 0 Å². The monoisotopic (exact) mass is 272 g/mol. The van der Waals surface area contributed by atoms with E-state index < -0.39 is 5.97 Å². The largest absolute Gasteiger partial charge is 0.491 e. The van der Waals surface area contributed by atoms with Gasteiger partial charge in [0.1, 0.15) is 18.5 Å². The minimum atomic E-state index is -1.08. The third-order valence-electron chi connectivity index (χ3n) is 2.49. The van der Waals surface area contributed by atoms with E-state index >= 15 is 0 Å². The number of ether oxygens (including phenoxy) is 3. The van der Waals surface area contributed by atoms with Crippen molar-refractivity contribution in [3.05, 3.63) is 28.8 Å². The molecule has 0 spiro atoms. The molecule has 2 rings (SSSR count). The number of carbonyl (C=O) groups is 1. The van der Waals surface area contributed by atoms with E-state index in [4.69, 9.17) is 30.9 Å². The van der Waals surface area contributed by atoms with Crippen LogP contribution in [0.5, 0.6) is 5.75 Å². The Kier molecular flexibility index (Phi) is 4.41. The Balaban J connectivity index is 1.96. The average Bonchev–Trinajstić information content (AvgIpc) is 2.38. The van der Waals surface area contributed by atoms with Crippen molar-refractivity contribution < 1.29 is 24.1 Å². The highest BCUT2D eigenvalue weighted by Gasteiger charge is 2.16. The summed E-state index contributed by atoms with van der Waals surface area (Å²) in [5.41, 5.74) is 0.0231. The minimum Gasteiger partial charge on any atom is -0.491 e. The third-order valence-corrected chi connectivity index (χ3v) is 2.82. The Bertz CT molecular complexity index is 428. The van der Waals surface area contributed by atoms with Crippen molar-refractivity contribution in [3.8, 4) is 5.75 Å². The van der Waals surface area contributed by atoms with Crippen molar-refractivity contribution in [1.29, 1.82) is 0 Å². The molecule has 18 heavy (non-hydrogen) atoms. The minimum absolute atomic E-state index is 0.0231. The maximum atomic E-state index is 10.9. The lowest BCUT2D eigenvalue weighted by Gasteiger charge is -2.23. The summed E-state index contributed by atoms with van der Waals surface area (Å²) in [6.07, 6.45) is -0.122. The fourth-order valence-corrected chi connectivity index (χ4v) is 1.78. The fourth-order valence-electron chi connectivity index (χ4n) is 1.58. The van der Waals surface area contributed by atoms with E-state index in [-0.39, 0.29) is 16.7 Å². The molecule has 0 unspecified atom stereocenters. The first-order valence-electron chi connectivity index (χ1n) is 5.52. The lowest BCUT2D eigenvalue weighted by atomic mass is 10.2. The van der Waals surface area contributed by atoms with Gasteiger partial charge in [-0.2, -0.15) is 0 Å². The van der Waals surface area contributed by atoms with Crippen LogP contribution in [-0.4, -0.2) is 43.6 Å². The molecule has 0 aromatic heterocycles. The molecule has 5 nitrogen and oxygen atoms in total. The Morgan fingerprint density at radius 3 is 3.00 bits per heavy atom. The van der Waals surface area contributed by atoms with Gasteiger partial charge in [-0.15, -0.1) is 0 Å². The molecule has 1 aromatic carbocycles. The van der Waals surface area contributed by atoms with Gasteiger partial charge in [-0.25, -0.2) is 4.79 Å². The zero-order valence-corrected chi connectivity index (χ0v) is 10.4. The van der Waals surface area contributed by atoms with E-state index in [1.54, 1.807) is 6.07 Å². The molecule has 0 aliphatic carbocycles. The molecule has 1 fully saturated rings. The molecule has 0 amide bonds. The first kappa shape index (κ1) is 13.1. The Labute approximate surface area is 109 Å². The second-order valence-electron chi connectivity index (χ2n) is 3.83. The average molecular weight is 273 g/mol. The molecular weight excluding hydrogens is 260 g/mol. The summed E-state index contributed by atoms with van der Waals surface area (Å²) in [6.45, 7) is 1.95. The molecule has 0 bridgehead atoms. The summed E-state index contributed by atoms with van der Waals surface area (Å²) in [5, 5.41) is 9.11. The first-order chi connectivity index (χ1) is 8.66. The van der Waals surface area contributed by atoms with E-state index in [9.17, 15) is 4.79 Å². The summed E-state index contributed by atoms with van der Waals surface area (Å²) >= 11 is 5.76. The van der Waals surface area contributed by atoms with Crippen LogP contribution < -0.4 is 4.74 Å². The molecule has 1 N–H and O–H groups in total. The number of benzene rings is 1. The molecule has 1 atom stereocenters. The van der Waals surface area contributed by atoms with E-state index in [1.165, 1.54) is 12.1 Å². The maximum absolute atomic E-state index is 10.9. The van der Waals surface area contributed by atoms with Crippen molar-refractivity contribution in [1.82, 2.24) is 0 Å². The number of hydrogen-bond acceptors (Lipinski definition) is 4. The first-order valence-corrected chi connectivity index (χ1v) is 5.89. The van der Waals surface area contributed by atoms with Crippen molar-refractivity contribution >= 4 is 17.6 Å². The SMILES string of the molecule is O=C(O)c1cc(OC[C@@H]2COCCO2)ccc1Cl. The van der Waals surface area contributed by atoms with Crippen LogP contribution in [0.2, 0.25) is 5.02 Å². The van der Waals surface area contributed by atoms with Gasteiger partial charge in [-0.1, -0.05) is 11.6 Å². The van der Waals surface area contributed by atoms with Crippen molar-refractivity contribution in [3.63, 3.8) is 0 Å². The zero-order valence-electron chi connectivity index (χ0n) is 9.60. The second kappa shape index (κ2) is 6.04. The van der Waals surface area contributed by atoms with Crippen molar-refractivity contribution in [2.75, 3.05) is 26.4 Å². The van der Waals surface area contributed by atoms with Crippen molar-refractivity contribution in [2.45, 2.75) is 6.10 Å². The highest BCUT2D eigenvalue weighted by molar-refractivity contribution is 6.33. The van der Waals surface area contributed by atoms with Crippen molar-refractivity contribution in [2.24, 2.45) is 0 Å². The molecule has 1 aliphatic heterocycles. The van der Waals surface area contributed by atoms with Gasteiger partial charge in [-0.3, -0.25) is 0 Å². The van der Waals surface area contributed by atoms with E-state index in [2.05, 4.69) is 0 Å². The highest BCUT2D eigenvalue weighted by Crippen LogP contribution is 2.22. The smallest absolute Gasteiger partial charge is 0.337 e. The topological polar surface area (TPSA) is 65.0 Å². The second-order valence-corrected chi connectivity index (χ2v) is 4.23. The predicted molar refractivity (Wildman–Crippen MR) is 64.5 cm³/mol. The summed E-state index contributed by atoms with van der Waals surface area (Å²) in [5.74, 6) is -0.631. The molecule has 0 radical (unpaired) electrons. The van der Waals surface area contributed by atoms with Gasteiger partial charge in [0.15, 0.2) is 0 Å². The molecule has 98 valence electrons. The number of aromatic carboxylic acids is 1. The Morgan fingerprint density at radius 1 is 1.50 bits per heavy atom. The summed E-state index contributed by atoms with van der Waals surface area (Å²) in [4.78, 5) is 10.9. The number of rotatable bonds is 4. The quantitative estimate of drug-likeness (QED) is 0.906. The van der Waals surface area contributed by atoms with Gasteiger partial charge in [-0.05, 0) is 18.2 Å². The van der Waals surface area contributed by atoms with Gasteiger partial charge in [0.2, 0.25) is 0 Å². The number of carboxylic acids is 1. The Morgan fingerprint density at radius 2 is 2.33 bits per heavy atom. The molecule has 1 aromatic rings. The lowest BCUT2D eigenvalue weighted by molar-refractivity contribution is -0.101. The molecule has 1 saturated heterocycles. The summed E-state index contributed by atoms with van der Waals surface area (Å²) in [7, 11) is 0. The molecule has 1 aliphatic rings. The van der Waals surface area contributed by atoms with Crippen LogP contribution in [0.3, 0.4) is 0 Å². The van der Waals surface area contributed by atoms with Gasteiger partial charge in [0, 0.05) is 0 Å². The fraction of sp³-hybridized carbons (Fsp3) is 0.417. The van der Waals surface area contributed by atoms with Crippen LogP contribution in [0.15, 0.2) is 18.2 Å². The van der Waals surface area contributed by atoms with Crippen LogP contribution in [0, 0.1) is 0 Å². The molecular formula is C12H13ClO5. The van der Waals surface area contributed by atoms with Gasteiger partial charge in [0.25, 0.3) is 0 Å². The third kappa shape index (κ3) is 3.35. The zero-order chi connectivity index (χ0) is 13.0. The van der Waals surface area contributed by atoms with Crippen LogP contribution in [0.4, 0.5) is 0 Å². The molecule has 6 heteroatoms. The standard InChI is InChI=1S/C12H13ClO5/c13-11-2-1-8(5-10(11)12(14)15)18-7-9-6-16-3-4-17-9/h1-2,5,9H,3-4,6-7H2,(H,14,15)/t9-/m0/s1. The van der Waals surface area contributed by atoms with Crippen LogP contribution in [-0.2, 0) is 9.47 Å². The normalized spacial score (nSPS) is 19.5. The van der Waals surface area contributed by atoms with Gasteiger partial charge >= 0.3 is 5.97 Å². The number of halogens is 1. The maximum Gasteiger partial charge on any atom is 0.337 e. The molecule has 1 heterocycles. The highest BCUT2D eigenvalue weighted by atomic mass is 35.5. The summed E-state index contributed by atoms with van der Waals surface area (Å²) < 4.78 is 16.1. The Hall–Kier alpha value is -1.30. The lowest BCUT2D eigenvalue weighted by Crippen LogP contribution is -2.33. The number of hydrogen-bond donors (Lipinski definition) is 1. The molecule has 0 saturated carbocycles. The summed E-state index contributed by atoms with van der Waals surface area (Å²) in [6, 6.07) is 4.52. The predicted octanol–water partition coefficient (Wildman–Crippen LogP) is 1.83. The van der Waals surface area contributed by atoms with Gasteiger partial charge < -0.3 is 19.3 Å².